The van der Waals surface area contributed by atoms with Gasteiger partial charge in [-0.25, -0.2) is 0 Å². The summed E-state index contributed by atoms with van der Waals surface area (Å²) >= 11 is 6.00. The van der Waals surface area contributed by atoms with Gasteiger partial charge in [-0.15, -0.1) is 0 Å². The van der Waals surface area contributed by atoms with Gasteiger partial charge in [0.25, 0.3) is 0 Å². The second kappa shape index (κ2) is 6.17. The molecular formula is C14H12ClNO2. The normalized spacial score (nSPS) is 10.1. The molecule has 1 heterocycles. The molecule has 92 valence electrons. The SMILES string of the molecule is O=Cc1cccc(Cl)c1OCCc1ccncc1. The largest absolute Gasteiger partial charge is 0.491 e. The first-order valence-corrected chi connectivity index (χ1v) is 5.94. The molecule has 3 nitrogen and oxygen atoms in total. The molecule has 0 N–H and O–H groups in total. The summed E-state index contributed by atoms with van der Waals surface area (Å²) in [5.41, 5.74) is 1.60. The standard InChI is InChI=1S/C14H12ClNO2/c15-13-3-1-2-12(10-17)14(13)18-9-6-11-4-7-16-8-5-11/h1-5,7-8,10H,6,9H2. The van der Waals surface area contributed by atoms with E-state index in [1.165, 1.54) is 0 Å². The maximum atomic E-state index is 10.9. The van der Waals surface area contributed by atoms with Crippen molar-refractivity contribution in [1.82, 2.24) is 4.98 Å². The van der Waals surface area contributed by atoms with Crippen LogP contribution in [0.15, 0.2) is 42.7 Å². The van der Waals surface area contributed by atoms with Gasteiger partial charge in [0.2, 0.25) is 0 Å². The van der Waals surface area contributed by atoms with E-state index in [2.05, 4.69) is 4.98 Å². The Morgan fingerprint density at radius 2 is 2.00 bits per heavy atom. The van der Waals surface area contributed by atoms with Crippen LogP contribution in [0.2, 0.25) is 5.02 Å². The number of aromatic nitrogens is 1. The number of rotatable bonds is 5. The Morgan fingerprint density at radius 3 is 2.72 bits per heavy atom. The van der Waals surface area contributed by atoms with Gasteiger partial charge in [-0.3, -0.25) is 9.78 Å². The van der Waals surface area contributed by atoms with Crippen LogP contribution in [-0.2, 0) is 6.42 Å². The van der Waals surface area contributed by atoms with Crippen molar-refractivity contribution in [3.05, 3.63) is 58.9 Å². The molecule has 0 aliphatic rings. The predicted molar refractivity (Wildman–Crippen MR) is 70.3 cm³/mol. The Kier molecular flexibility index (Phi) is 4.31. The van der Waals surface area contributed by atoms with Gasteiger partial charge in [0, 0.05) is 18.8 Å². The van der Waals surface area contributed by atoms with E-state index in [1.54, 1.807) is 30.6 Å². The fraction of sp³-hybridized carbons (Fsp3) is 0.143. The zero-order valence-corrected chi connectivity index (χ0v) is 10.4. The number of ether oxygens (including phenoxy) is 1. The van der Waals surface area contributed by atoms with Crippen molar-refractivity contribution < 1.29 is 9.53 Å². The van der Waals surface area contributed by atoms with Crippen LogP contribution in [0.25, 0.3) is 0 Å². The van der Waals surface area contributed by atoms with Crippen LogP contribution in [0.3, 0.4) is 0 Å². The average Bonchev–Trinajstić information content (AvgIpc) is 2.41. The minimum Gasteiger partial charge on any atom is -0.491 e. The highest BCUT2D eigenvalue weighted by atomic mass is 35.5. The summed E-state index contributed by atoms with van der Waals surface area (Å²) in [6, 6.07) is 8.96. The topological polar surface area (TPSA) is 39.2 Å². The average molecular weight is 262 g/mol. The lowest BCUT2D eigenvalue weighted by molar-refractivity contribution is 0.111. The quantitative estimate of drug-likeness (QED) is 0.776. The molecule has 0 saturated heterocycles. The number of halogens is 1. The fourth-order valence-corrected chi connectivity index (χ4v) is 1.83. The third-order valence-corrected chi connectivity index (χ3v) is 2.81. The highest BCUT2D eigenvalue weighted by Gasteiger charge is 2.07. The van der Waals surface area contributed by atoms with Gasteiger partial charge < -0.3 is 4.74 Å². The van der Waals surface area contributed by atoms with Gasteiger partial charge in [-0.1, -0.05) is 17.7 Å². The molecule has 0 unspecified atom stereocenters. The first-order chi connectivity index (χ1) is 8.81. The molecule has 0 aliphatic heterocycles. The number of pyridine rings is 1. The molecule has 0 fully saturated rings. The maximum Gasteiger partial charge on any atom is 0.153 e. The minimum atomic E-state index is 0.447. The maximum absolute atomic E-state index is 10.9. The van der Waals surface area contributed by atoms with Crippen molar-refractivity contribution in [3.8, 4) is 5.75 Å². The van der Waals surface area contributed by atoms with Crippen LogP contribution in [0, 0.1) is 0 Å². The Bertz CT molecular complexity index is 529. The highest BCUT2D eigenvalue weighted by Crippen LogP contribution is 2.27. The number of aldehydes is 1. The van der Waals surface area contributed by atoms with Crippen molar-refractivity contribution >= 4 is 17.9 Å². The Labute approximate surface area is 110 Å². The summed E-state index contributed by atoms with van der Waals surface area (Å²) < 4.78 is 5.58. The molecular weight excluding hydrogens is 250 g/mol. The molecule has 2 aromatic rings. The van der Waals surface area contributed by atoms with E-state index in [9.17, 15) is 4.79 Å². The van der Waals surface area contributed by atoms with E-state index in [1.807, 2.05) is 12.1 Å². The van der Waals surface area contributed by atoms with Crippen LogP contribution < -0.4 is 4.74 Å². The van der Waals surface area contributed by atoms with Crippen LogP contribution >= 0.6 is 11.6 Å². The van der Waals surface area contributed by atoms with E-state index in [4.69, 9.17) is 16.3 Å². The van der Waals surface area contributed by atoms with E-state index in [0.717, 1.165) is 18.3 Å². The summed E-state index contributed by atoms with van der Waals surface area (Å²) in [7, 11) is 0. The Balaban J connectivity index is 2.00. The monoisotopic (exact) mass is 261 g/mol. The van der Waals surface area contributed by atoms with Crippen LogP contribution in [0.1, 0.15) is 15.9 Å². The van der Waals surface area contributed by atoms with Crippen molar-refractivity contribution in [3.63, 3.8) is 0 Å². The number of para-hydroxylation sites is 1. The molecule has 0 saturated carbocycles. The third kappa shape index (κ3) is 3.08. The number of hydrogen-bond donors (Lipinski definition) is 0. The Morgan fingerprint density at radius 1 is 1.22 bits per heavy atom. The lowest BCUT2D eigenvalue weighted by Gasteiger charge is -2.09. The summed E-state index contributed by atoms with van der Waals surface area (Å²) in [5, 5.41) is 0.453. The van der Waals surface area contributed by atoms with Crippen molar-refractivity contribution in [2.24, 2.45) is 0 Å². The second-order valence-corrected chi connectivity index (χ2v) is 4.14. The van der Waals surface area contributed by atoms with E-state index < -0.39 is 0 Å². The Hall–Kier alpha value is -1.87. The predicted octanol–water partition coefficient (Wildman–Crippen LogP) is 3.17. The number of benzene rings is 1. The summed E-state index contributed by atoms with van der Waals surface area (Å²) in [6.07, 6.45) is 4.96. The molecule has 0 atom stereocenters. The molecule has 1 aromatic carbocycles. The summed E-state index contributed by atoms with van der Waals surface area (Å²) in [6.45, 7) is 0.467. The molecule has 1 aromatic heterocycles. The smallest absolute Gasteiger partial charge is 0.153 e. The molecule has 0 bridgehead atoms. The van der Waals surface area contributed by atoms with Gasteiger partial charge in [0.15, 0.2) is 6.29 Å². The molecule has 0 radical (unpaired) electrons. The molecule has 4 heteroatoms. The molecule has 0 spiro atoms. The minimum absolute atomic E-state index is 0.447. The number of carbonyl (C=O) groups excluding carboxylic acids is 1. The lowest BCUT2D eigenvalue weighted by Crippen LogP contribution is -2.03. The highest BCUT2D eigenvalue weighted by molar-refractivity contribution is 6.32. The van der Waals surface area contributed by atoms with Gasteiger partial charge in [0.1, 0.15) is 5.75 Å². The zero-order chi connectivity index (χ0) is 12.8. The van der Waals surface area contributed by atoms with E-state index in [0.29, 0.717) is 22.9 Å². The molecule has 0 aliphatic carbocycles. The van der Waals surface area contributed by atoms with Crippen LogP contribution in [0.4, 0.5) is 0 Å². The molecule has 0 amide bonds. The van der Waals surface area contributed by atoms with Gasteiger partial charge in [0.05, 0.1) is 17.2 Å². The fourth-order valence-electron chi connectivity index (χ4n) is 1.59. The van der Waals surface area contributed by atoms with Crippen LogP contribution in [-0.4, -0.2) is 17.9 Å². The number of carbonyl (C=O) groups is 1. The lowest BCUT2D eigenvalue weighted by atomic mass is 10.2. The zero-order valence-electron chi connectivity index (χ0n) is 9.67. The van der Waals surface area contributed by atoms with Crippen molar-refractivity contribution in [1.29, 1.82) is 0 Å². The summed E-state index contributed by atoms with van der Waals surface area (Å²) in [4.78, 5) is 14.8. The van der Waals surface area contributed by atoms with E-state index in [-0.39, 0.29) is 0 Å². The molecule has 2 rings (SSSR count). The second-order valence-electron chi connectivity index (χ2n) is 3.73. The first-order valence-electron chi connectivity index (χ1n) is 5.56. The van der Waals surface area contributed by atoms with Gasteiger partial charge in [-0.05, 0) is 29.8 Å². The van der Waals surface area contributed by atoms with Gasteiger partial charge >= 0.3 is 0 Å². The molecule has 18 heavy (non-hydrogen) atoms. The van der Waals surface area contributed by atoms with E-state index >= 15 is 0 Å². The van der Waals surface area contributed by atoms with Crippen LogP contribution in [0.5, 0.6) is 5.75 Å². The van der Waals surface area contributed by atoms with Crippen molar-refractivity contribution in [2.75, 3.05) is 6.61 Å². The van der Waals surface area contributed by atoms with Gasteiger partial charge in [-0.2, -0.15) is 0 Å². The number of nitrogens with zero attached hydrogens (tertiary/aromatic N) is 1. The first kappa shape index (κ1) is 12.6. The third-order valence-electron chi connectivity index (χ3n) is 2.51. The van der Waals surface area contributed by atoms with Crippen molar-refractivity contribution in [2.45, 2.75) is 6.42 Å². The summed E-state index contributed by atoms with van der Waals surface area (Å²) in [5.74, 6) is 0.447. The number of hydrogen-bond acceptors (Lipinski definition) is 3.